The van der Waals surface area contributed by atoms with Crippen molar-refractivity contribution in [1.29, 1.82) is 0 Å². The molecule has 0 saturated heterocycles. The summed E-state index contributed by atoms with van der Waals surface area (Å²) in [5.74, 6) is -2.33. The fraction of sp³-hybridized carbons (Fsp3) is 0.700. The van der Waals surface area contributed by atoms with Crippen LogP contribution in [0.3, 0.4) is 0 Å². The van der Waals surface area contributed by atoms with Crippen molar-refractivity contribution in [3.05, 3.63) is 72.9 Å². The molecule has 2 atom stereocenters. The van der Waals surface area contributed by atoms with Gasteiger partial charge in [0, 0.05) is 12.8 Å². The number of esters is 2. The van der Waals surface area contributed by atoms with Gasteiger partial charge in [-0.25, -0.2) is 0 Å². The zero-order valence-corrected chi connectivity index (χ0v) is 38.1. The number of ether oxygens (including phenoxy) is 4. The molecule has 9 nitrogen and oxygen atoms in total. The molecule has 0 spiro atoms. The molecule has 0 aromatic rings. The number of likely N-dealkylation sites (N-methyl/N-ethyl adjacent to an activating group) is 1. The minimum absolute atomic E-state index is 0.139. The van der Waals surface area contributed by atoms with Crippen LogP contribution in [0.5, 0.6) is 0 Å². The quantitative estimate of drug-likeness (QED) is 0.0197. The highest BCUT2D eigenvalue weighted by Crippen LogP contribution is 2.12. The van der Waals surface area contributed by atoms with E-state index in [0.717, 1.165) is 103 Å². The topological polar surface area (TPSA) is 111 Å². The Labute approximate surface area is 360 Å². The van der Waals surface area contributed by atoms with Crippen LogP contribution in [0.4, 0.5) is 0 Å². The lowest BCUT2D eigenvalue weighted by molar-refractivity contribution is -0.870. The first-order chi connectivity index (χ1) is 28.6. The molecule has 0 aliphatic heterocycles. The Bertz CT molecular complexity index is 1200. The number of carboxylic acids is 1. The maximum absolute atomic E-state index is 12.8. The van der Waals surface area contributed by atoms with Crippen molar-refractivity contribution in [2.45, 2.75) is 180 Å². The third-order valence-corrected chi connectivity index (χ3v) is 9.44. The second-order valence-electron chi connectivity index (χ2n) is 16.3. The monoisotopic (exact) mass is 828 g/mol. The molecular formula is C50H85NO8. The molecule has 0 aliphatic rings. The van der Waals surface area contributed by atoms with Gasteiger partial charge in [-0.05, 0) is 83.5 Å². The minimum atomic E-state index is -1.63. The Morgan fingerprint density at radius 3 is 1.46 bits per heavy atom. The predicted molar refractivity (Wildman–Crippen MR) is 241 cm³/mol. The second kappa shape index (κ2) is 41.5. The van der Waals surface area contributed by atoms with Gasteiger partial charge in [-0.3, -0.25) is 9.59 Å². The largest absolute Gasteiger partial charge is 0.545 e. The molecule has 0 amide bonds. The predicted octanol–water partition coefficient (Wildman–Crippen LogP) is 11.0. The van der Waals surface area contributed by atoms with Gasteiger partial charge in [-0.1, -0.05) is 145 Å². The smallest absolute Gasteiger partial charge is 0.306 e. The van der Waals surface area contributed by atoms with Crippen molar-refractivity contribution in [3.63, 3.8) is 0 Å². The number of nitrogens with zero attached hydrogens (tertiary/aromatic N) is 1. The number of aliphatic carboxylic acids is 1. The molecule has 0 aromatic carbocycles. The van der Waals surface area contributed by atoms with E-state index in [4.69, 9.17) is 18.9 Å². The molecule has 0 fully saturated rings. The summed E-state index contributed by atoms with van der Waals surface area (Å²) < 4.78 is 22.5. The summed E-state index contributed by atoms with van der Waals surface area (Å²) in [6, 6.07) is 0. The van der Waals surface area contributed by atoms with Crippen LogP contribution in [0.25, 0.3) is 0 Å². The van der Waals surface area contributed by atoms with Gasteiger partial charge >= 0.3 is 11.9 Å². The molecule has 0 aromatic heterocycles. The maximum Gasteiger partial charge on any atom is 0.306 e. The van der Waals surface area contributed by atoms with Crippen LogP contribution in [0.1, 0.15) is 168 Å². The summed E-state index contributed by atoms with van der Waals surface area (Å²) in [4.78, 5) is 37.0. The van der Waals surface area contributed by atoms with Crippen LogP contribution in [0, 0.1) is 0 Å². The van der Waals surface area contributed by atoms with Gasteiger partial charge in [0.15, 0.2) is 12.4 Å². The maximum atomic E-state index is 12.8. The number of quaternary nitrogens is 1. The van der Waals surface area contributed by atoms with Crippen molar-refractivity contribution in [3.8, 4) is 0 Å². The first-order valence-corrected chi connectivity index (χ1v) is 23.1. The number of carbonyl (C=O) groups is 3. The third kappa shape index (κ3) is 42.7. The lowest BCUT2D eigenvalue weighted by Crippen LogP contribution is -2.44. The van der Waals surface area contributed by atoms with E-state index in [2.05, 4.69) is 86.8 Å². The summed E-state index contributed by atoms with van der Waals surface area (Å²) in [5, 5.41) is 11.7. The van der Waals surface area contributed by atoms with Gasteiger partial charge < -0.3 is 33.3 Å². The van der Waals surface area contributed by atoms with Crippen LogP contribution in [0.2, 0.25) is 0 Å². The number of rotatable bonds is 41. The zero-order chi connectivity index (χ0) is 43.5. The van der Waals surface area contributed by atoms with E-state index in [1.807, 2.05) is 21.1 Å². The van der Waals surface area contributed by atoms with Crippen molar-refractivity contribution in [1.82, 2.24) is 0 Å². The van der Waals surface area contributed by atoms with E-state index in [1.165, 1.54) is 32.1 Å². The zero-order valence-electron chi connectivity index (χ0n) is 38.1. The highest BCUT2D eigenvalue weighted by molar-refractivity contribution is 5.70. The molecule has 2 unspecified atom stereocenters. The van der Waals surface area contributed by atoms with Crippen molar-refractivity contribution >= 4 is 17.9 Å². The molecule has 0 radical (unpaired) electrons. The van der Waals surface area contributed by atoms with E-state index in [-0.39, 0.29) is 38.6 Å². The van der Waals surface area contributed by atoms with Crippen LogP contribution < -0.4 is 5.11 Å². The van der Waals surface area contributed by atoms with E-state index < -0.39 is 24.3 Å². The first-order valence-electron chi connectivity index (χ1n) is 23.1. The molecular weight excluding hydrogens is 743 g/mol. The standard InChI is InChI=1S/C50H85NO8/c1-6-8-10-12-14-16-18-20-21-22-23-24-25-26-27-29-31-33-35-37-39-41-48(53)59-46(45-58-50(49(54)55)56-43-42-51(3,4)5)44-57-47(52)40-38-36-34-32-30-28-19-17-15-13-11-9-7-2/h8,10,14,16-17,19-21,23-24,26-27,46,50H,6-7,9,11-13,15,18,22,25,28-45H2,1-5H3/b10-8-,16-14-,19-17-,21-20-,24-23-,27-26-. The van der Waals surface area contributed by atoms with Crippen LogP contribution in [-0.2, 0) is 33.3 Å². The Morgan fingerprint density at radius 1 is 0.525 bits per heavy atom. The number of unbranched alkanes of at least 4 members (excludes halogenated alkanes) is 14. The SMILES string of the molecule is CC/C=C\C/C=C\C/C=C\C/C=C\C/C=C\CCCCCCCC(=O)OC(COC(=O)CCCCCCC/C=C\CCCCCC)COC(OCC[N+](C)(C)C)C(=O)[O-]. The molecule has 59 heavy (non-hydrogen) atoms. The molecule has 0 saturated carbocycles. The Kier molecular flexibility index (Phi) is 39.2. The van der Waals surface area contributed by atoms with Gasteiger partial charge in [0.1, 0.15) is 13.2 Å². The minimum Gasteiger partial charge on any atom is -0.545 e. The molecule has 0 N–H and O–H groups in total. The Morgan fingerprint density at radius 2 is 0.966 bits per heavy atom. The number of hydrogen-bond donors (Lipinski definition) is 0. The van der Waals surface area contributed by atoms with E-state index in [1.54, 1.807) is 0 Å². The lowest BCUT2D eigenvalue weighted by Gasteiger charge is -2.26. The summed E-state index contributed by atoms with van der Waals surface area (Å²) in [6.45, 7) is 4.56. The highest BCUT2D eigenvalue weighted by Gasteiger charge is 2.21. The van der Waals surface area contributed by atoms with E-state index in [0.29, 0.717) is 17.4 Å². The van der Waals surface area contributed by atoms with Gasteiger partial charge in [0.05, 0.1) is 40.3 Å². The van der Waals surface area contributed by atoms with Crippen molar-refractivity contribution < 1.29 is 42.9 Å². The molecule has 0 aliphatic carbocycles. The van der Waals surface area contributed by atoms with Crippen molar-refractivity contribution in [2.24, 2.45) is 0 Å². The van der Waals surface area contributed by atoms with E-state index >= 15 is 0 Å². The molecule has 338 valence electrons. The number of hydrogen-bond acceptors (Lipinski definition) is 8. The van der Waals surface area contributed by atoms with Gasteiger partial charge in [-0.2, -0.15) is 0 Å². The van der Waals surface area contributed by atoms with E-state index in [9.17, 15) is 19.5 Å². The van der Waals surface area contributed by atoms with Crippen LogP contribution in [-0.4, -0.2) is 82.3 Å². The molecule has 9 heteroatoms. The number of carbonyl (C=O) groups excluding carboxylic acids is 3. The molecule has 0 rings (SSSR count). The van der Waals surface area contributed by atoms with Crippen LogP contribution in [0.15, 0.2) is 72.9 Å². The summed E-state index contributed by atoms with van der Waals surface area (Å²) in [6.07, 6.45) is 47.8. The summed E-state index contributed by atoms with van der Waals surface area (Å²) in [5.41, 5.74) is 0. The molecule has 0 heterocycles. The Balaban J connectivity index is 4.47. The highest BCUT2D eigenvalue weighted by atomic mass is 16.7. The number of allylic oxidation sites excluding steroid dienone is 12. The van der Waals surface area contributed by atoms with Crippen molar-refractivity contribution in [2.75, 3.05) is 47.5 Å². The fourth-order valence-corrected chi connectivity index (χ4v) is 5.85. The summed E-state index contributed by atoms with van der Waals surface area (Å²) in [7, 11) is 5.89. The lowest BCUT2D eigenvalue weighted by atomic mass is 10.1. The molecule has 0 bridgehead atoms. The fourth-order valence-electron chi connectivity index (χ4n) is 5.85. The average Bonchev–Trinajstić information content (AvgIpc) is 3.19. The average molecular weight is 828 g/mol. The third-order valence-electron chi connectivity index (χ3n) is 9.44. The van der Waals surface area contributed by atoms with Gasteiger partial charge in [-0.15, -0.1) is 0 Å². The van der Waals surface area contributed by atoms with Gasteiger partial charge in [0.2, 0.25) is 0 Å². The summed E-state index contributed by atoms with van der Waals surface area (Å²) >= 11 is 0. The Hall–Kier alpha value is -3.27. The van der Waals surface area contributed by atoms with Gasteiger partial charge in [0.25, 0.3) is 0 Å². The first kappa shape index (κ1) is 55.7. The van der Waals surface area contributed by atoms with Crippen LogP contribution >= 0.6 is 0 Å². The second-order valence-corrected chi connectivity index (χ2v) is 16.3. The number of carboxylic acid groups (broad SMARTS) is 1. The normalized spacial score (nSPS) is 13.6.